The van der Waals surface area contributed by atoms with Crippen molar-refractivity contribution >= 4 is 18.4 Å². The summed E-state index contributed by atoms with van der Waals surface area (Å²) < 4.78 is 12.1. The summed E-state index contributed by atoms with van der Waals surface area (Å²) >= 11 is 0. The van der Waals surface area contributed by atoms with E-state index in [1.165, 1.54) is 12.8 Å². The van der Waals surface area contributed by atoms with Crippen LogP contribution < -0.4 is 10.8 Å². The van der Waals surface area contributed by atoms with Crippen LogP contribution in [0, 0.1) is 0 Å². The molecule has 6 heteroatoms. The van der Waals surface area contributed by atoms with E-state index >= 15 is 0 Å². The molecular weight excluding hydrogens is 241 g/mol. The molecule has 2 heterocycles. The standard InChI is InChI=1S/C13H20BN3O2/c1-12(2)13(3,4)19-14(18-12)10-7-15-8-16-11(10)17-9-5-6-9/h7-9H,5-6H2,1-4H3,(H,15,16,17). The molecule has 0 aromatic carbocycles. The Morgan fingerprint density at radius 1 is 1.21 bits per heavy atom. The van der Waals surface area contributed by atoms with Crippen LogP contribution in [-0.2, 0) is 9.31 Å². The summed E-state index contributed by atoms with van der Waals surface area (Å²) in [5.74, 6) is 0.830. The summed E-state index contributed by atoms with van der Waals surface area (Å²) in [6.07, 6.45) is 5.74. The molecule has 0 bridgehead atoms. The van der Waals surface area contributed by atoms with E-state index in [2.05, 4.69) is 15.3 Å². The van der Waals surface area contributed by atoms with Crippen molar-refractivity contribution in [3.8, 4) is 0 Å². The van der Waals surface area contributed by atoms with Crippen LogP contribution in [0.1, 0.15) is 40.5 Å². The summed E-state index contributed by atoms with van der Waals surface area (Å²) in [7, 11) is -0.410. The molecule has 1 aromatic heterocycles. The lowest BCUT2D eigenvalue weighted by molar-refractivity contribution is 0.00578. The zero-order chi connectivity index (χ0) is 13.7. The minimum Gasteiger partial charge on any atom is -0.399 e. The molecule has 0 radical (unpaired) electrons. The van der Waals surface area contributed by atoms with Crippen LogP contribution in [0.15, 0.2) is 12.5 Å². The van der Waals surface area contributed by atoms with E-state index in [1.54, 1.807) is 12.5 Å². The van der Waals surface area contributed by atoms with Crippen molar-refractivity contribution in [3.63, 3.8) is 0 Å². The summed E-state index contributed by atoms with van der Waals surface area (Å²) in [5.41, 5.74) is 0.197. The summed E-state index contributed by atoms with van der Waals surface area (Å²) in [4.78, 5) is 8.42. The molecule has 0 unspecified atom stereocenters. The number of nitrogens with zero attached hydrogens (tertiary/aromatic N) is 2. The second-order valence-electron chi connectivity index (χ2n) is 6.33. The fourth-order valence-corrected chi connectivity index (χ4v) is 2.02. The average Bonchev–Trinajstić information content (AvgIpc) is 3.08. The Morgan fingerprint density at radius 3 is 2.42 bits per heavy atom. The third-order valence-corrected chi connectivity index (χ3v) is 4.17. The highest BCUT2D eigenvalue weighted by Crippen LogP contribution is 2.37. The van der Waals surface area contributed by atoms with Gasteiger partial charge in [-0.3, -0.25) is 0 Å². The maximum Gasteiger partial charge on any atom is 0.500 e. The van der Waals surface area contributed by atoms with Crippen LogP contribution in [0.25, 0.3) is 0 Å². The lowest BCUT2D eigenvalue weighted by atomic mass is 9.80. The van der Waals surface area contributed by atoms with Gasteiger partial charge in [0.25, 0.3) is 0 Å². The van der Waals surface area contributed by atoms with Gasteiger partial charge in [-0.05, 0) is 40.5 Å². The van der Waals surface area contributed by atoms with Crippen LogP contribution in [-0.4, -0.2) is 34.3 Å². The minimum absolute atomic E-state index is 0.343. The first-order chi connectivity index (χ1) is 8.89. The van der Waals surface area contributed by atoms with E-state index in [0.29, 0.717) is 6.04 Å². The van der Waals surface area contributed by atoms with Crippen LogP contribution >= 0.6 is 0 Å². The topological polar surface area (TPSA) is 56.3 Å². The Bertz CT molecular complexity index is 473. The molecule has 19 heavy (non-hydrogen) atoms. The fourth-order valence-electron chi connectivity index (χ4n) is 2.02. The molecule has 0 amide bonds. The summed E-state index contributed by atoms with van der Waals surface area (Å²) in [6.45, 7) is 8.19. The Kier molecular flexibility index (Phi) is 2.83. The molecule has 1 saturated carbocycles. The normalized spacial score (nSPS) is 24.5. The van der Waals surface area contributed by atoms with Crippen molar-refractivity contribution in [2.75, 3.05) is 5.32 Å². The fraction of sp³-hybridized carbons (Fsp3) is 0.692. The Labute approximate surface area is 114 Å². The molecule has 3 rings (SSSR count). The van der Waals surface area contributed by atoms with Crippen molar-refractivity contribution in [1.82, 2.24) is 9.97 Å². The van der Waals surface area contributed by atoms with Crippen molar-refractivity contribution in [2.45, 2.75) is 57.8 Å². The van der Waals surface area contributed by atoms with Gasteiger partial charge in [0.15, 0.2) is 0 Å². The van der Waals surface area contributed by atoms with E-state index in [0.717, 1.165) is 11.3 Å². The second kappa shape index (κ2) is 4.18. The highest BCUT2D eigenvalue weighted by Gasteiger charge is 2.52. The van der Waals surface area contributed by atoms with Gasteiger partial charge in [0.1, 0.15) is 12.1 Å². The maximum absolute atomic E-state index is 6.05. The monoisotopic (exact) mass is 261 g/mol. The third-order valence-electron chi connectivity index (χ3n) is 4.17. The van der Waals surface area contributed by atoms with Crippen LogP contribution in [0.4, 0.5) is 5.82 Å². The van der Waals surface area contributed by atoms with Crippen molar-refractivity contribution in [3.05, 3.63) is 12.5 Å². The second-order valence-corrected chi connectivity index (χ2v) is 6.33. The Balaban J connectivity index is 1.86. The molecule has 1 N–H and O–H groups in total. The highest BCUT2D eigenvalue weighted by atomic mass is 16.7. The van der Waals surface area contributed by atoms with Crippen LogP contribution in [0.3, 0.4) is 0 Å². The first-order valence-corrected chi connectivity index (χ1v) is 6.81. The van der Waals surface area contributed by atoms with Gasteiger partial charge in [-0.1, -0.05) is 0 Å². The Hall–Kier alpha value is -1.14. The number of aromatic nitrogens is 2. The quantitative estimate of drug-likeness (QED) is 0.832. The molecule has 2 aliphatic rings. The molecule has 102 valence electrons. The smallest absolute Gasteiger partial charge is 0.399 e. The van der Waals surface area contributed by atoms with E-state index in [1.807, 2.05) is 27.7 Å². The molecule has 0 spiro atoms. The van der Waals surface area contributed by atoms with Crippen molar-refractivity contribution in [2.24, 2.45) is 0 Å². The summed E-state index contributed by atoms with van der Waals surface area (Å²) in [5, 5.41) is 3.40. The zero-order valence-corrected chi connectivity index (χ0v) is 11.9. The van der Waals surface area contributed by atoms with E-state index in [9.17, 15) is 0 Å². The van der Waals surface area contributed by atoms with Gasteiger partial charge in [0.05, 0.1) is 11.2 Å². The number of hydrogen-bond donors (Lipinski definition) is 1. The predicted octanol–water partition coefficient (Wildman–Crippen LogP) is 1.35. The number of nitrogens with one attached hydrogen (secondary N) is 1. The van der Waals surface area contributed by atoms with Crippen molar-refractivity contribution < 1.29 is 9.31 Å². The number of hydrogen-bond acceptors (Lipinski definition) is 5. The van der Waals surface area contributed by atoms with Crippen LogP contribution in [0.5, 0.6) is 0 Å². The van der Waals surface area contributed by atoms with Crippen molar-refractivity contribution in [1.29, 1.82) is 0 Å². The largest absolute Gasteiger partial charge is 0.500 e. The van der Waals surface area contributed by atoms with Gasteiger partial charge >= 0.3 is 7.12 Å². The Morgan fingerprint density at radius 2 is 1.84 bits per heavy atom. The lowest BCUT2D eigenvalue weighted by Crippen LogP contribution is -2.41. The average molecular weight is 261 g/mol. The molecule has 1 aromatic rings. The van der Waals surface area contributed by atoms with E-state index in [4.69, 9.17) is 9.31 Å². The SMILES string of the molecule is CC1(C)OB(c2cncnc2NC2CC2)OC1(C)C. The number of rotatable bonds is 3. The van der Waals surface area contributed by atoms with Gasteiger partial charge in [-0.15, -0.1) is 0 Å². The third kappa shape index (κ3) is 2.34. The van der Waals surface area contributed by atoms with Gasteiger partial charge < -0.3 is 14.6 Å². The molecule has 1 aliphatic carbocycles. The molecule has 5 nitrogen and oxygen atoms in total. The predicted molar refractivity (Wildman–Crippen MR) is 74.4 cm³/mol. The molecule has 1 aliphatic heterocycles. The summed E-state index contributed by atoms with van der Waals surface area (Å²) in [6, 6.07) is 0.538. The lowest BCUT2D eigenvalue weighted by Gasteiger charge is -2.32. The zero-order valence-electron chi connectivity index (χ0n) is 11.9. The first-order valence-electron chi connectivity index (χ1n) is 6.81. The van der Waals surface area contributed by atoms with Crippen LogP contribution in [0.2, 0.25) is 0 Å². The van der Waals surface area contributed by atoms with Gasteiger partial charge in [0.2, 0.25) is 0 Å². The maximum atomic E-state index is 6.05. The minimum atomic E-state index is -0.410. The molecular formula is C13H20BN3O2. The molecule has 0 atom stereocenters. The molecule has 2 fully saturated rings. The number of anilines is 1. The van der Waals surface area contributed by atoms with E-state index < -0.39 is 7.12 Å². The van der Waals surface area contributed by atoms with E-state index in [-0.39, 0.29) is 11.2 Å². The van der Waals surface area contributed by atoms with Gasteiger partial charge in [-0.25, -0.2) is 9.97 Å². The van der Waals surface area contributed by atoms with Gasteiger partial charge in [0, 0.05) is 17.7 Å². The molecule has 1 saturated heterocycles. The first kappa shape index (κ1) is 12.9. The van der Waals surface area contributed by atoms with Gasteiger partial charge in [-0.2, -0.15) is 0 Å². The highest BCUT2D eigenvalue weighted by molar-refractivity contribution is 6.63.